The van der Waals surface area contributed by atoms with E-state index >= 15 is 0 Å². The Balaban J connectivity index is 2.52. The summed E-state index contributed by atoms with van der Waals surface area (Å²) in [4.78, 5) is 0. The fourth-order valence-corrected chi connectivity index (χ4v) is 2.84. The van der Waals surface area contributed by atoms with E-state index in [0.29, 0.717) is 0 Å². The molecular formula is C13H14BrClN2. The normalized spacial score (nSPS) is 11.8. The molecule has 1 heterocycles. The Labute approximate surface area is 115 Å². The van der Waals surface area contributed by atoms with Crippen molar-refractivity contribution in [2.45, 2.75) is 26.2 Å². The summed E-state index contributed by atoms with van der Waals surface area (Å²) < 4.78 is 1.01. The van der Waals surface area contributed by atoms with Crippen LogP contribution in [-0.4, -0.2) is 10.2 Å². The minimum atomic E-state index is 0.0304. The van der Waals surface area contributed by atoms with Crippen LogP contribution in [-0.2, 0) is 5.41 Å². The molecule has 2 aromatic rings. The number of benzene rings is 1. The highest BCUT2D eigenvalue weighted by Crippen LogP contribution is 2.35. The van der Waals surface area contributed by atoms with E-state index in [1.54, 1.807) is 0 Å². The maximum atomic E-state index is 5.99. The maximum absolute atomic E-state index is 5.99. The van der Waals surface area contributed by atoms with Gasteiger partial charge in [-0.15, -0.1) is 0 Å². The summed E-state index contributed by atoms with van der Waals surface area (Å²) in [7, 11) is 0. The van der Waals surface area contributed by atoms with Crippen LogP contribution in [0.4, 0.5) is 0 Å². The van der Waals surface area contributed by atoms with Gasteiger partial charge >= 0.3 is 0 Å². The molecule has 1 aromatic heterocycles. The second kappa shape index (κ2) is 4.46. The fourth-order valence-electron chi connectivity index (χ4n) is 1.65. The molecule has 0 radical (unpaired) electrons. The van der Waals surface area contributed by atoms with Crippen LogP contribution in [0.25, 0.3) is 11.3 Å². The average molecular weight is 314 g/mol. The summed E-state index contributed by atoms with van der Waals surface area (Å²) in [5.74, 6) is 0. The van der Waals surface area contributed by atoms with Gasteiger partial charge in [-0.1, -0.05) is 44.5 Å². The highest BCUT2D eigenvalue weighted by atomic mass is 79.9. The van der Waals surface area contributed by atoms with Gasteiger partial charge in [-0.2, -0.15) is 5.10 Å². The number of H-pyrrole nitrogens is 1. The monoisotopic (exact) mass is 312 g/mol. The molecule has 0 aliphatic heterocycles. The number of halogens is 2. The quantitative estimate of drug-likeness (QED) is 0.805. The van der Waals surface area contributed by atoms with Crippen molar-refractivity contribution >= 4 is 27.5 Å². The Bertz CT molecular complexity index is 541. The zero-order valence-corrected chi connectivity index (χ0v) is 12.4. The molecule has 0 spiro atoms. The minimum absolute atomic E-state index is 0.0304. The molecule has 0 amide bonds. The number of hydrogen-bond acceptors (Lipinski definition) is 1. The van der Waals surface area contributed by atoms with Crippen LogP contribution < -0.4 is 0 Å². The van der Waals surface area contributed by atoms with E-state index in [9.17, 15) is 0 Å². The van der Waals surface area contributed by atoms with Gasteiger partial charge in [0.1, 0.15) is 5.69 Å². The van der Waals surface area contributed by atoms with Crippen LogP contribution in [0.1, 0.15) is 26.5 Å². The van der Waals surface area contributed by atoms with Gasteiger partial charge < -0.3 is 0 Å². The van der Waals surface area contributed by atoms with Crippen molar-refractivity contribution in [2.75, 3.05) is 0 Å². The van der Waals surface area contributed by atoms with Crippen molar-refractivity contribution in [1.82, 2.24) is 10.2 Å². The van der Waals surface area contributed by atoms with Crippen molar-refractivity contribution in [3.8, 4) is 11.3 Å². The molecule has 4 heteroatoms. The predicted molar refractivity (Wildman–Crippen MR) is 75.4 cm³/mol. The van der Waals surface area contributed by atoms with E-state index in [2.05, 4.69) is 46.9 Å². The molecule has 1 aromatic carbocycles. The van der Waals surface area contributed by atoms with Crippen molar-refractivity contribution in [2.24, 2.45) is 0 Å². The molecule has 1 N–H and O–H groups in total. The van der Waals surface area contributed by atoms with Crippen LogP contribution in [0.2, 0.25) is 5.02 Å². The summed E-state index contributed by atoms with van der Waals surface area (Å²) in [5, 5.41) is 8.17. The highest BCUT2D eigenvalue weighted by molar-refractivity contribution is 9.10. The van der Waals surface area contributed by atoms with E-state index in [4.69, 9.17) is 11.6 Å². The van der Waals surface area contributed by atoms with Gasteiger partial charge in [0.15, 0.2) is 0 Å². The molecule has 2 rings (SSSR count). The summed E-state index contributed by atoms with van der Waals surface area (Å²) >= 11 is 9.60. The first-order chi connectivity index (χ1) is 7.89. The molecule has 17 heavy (non-hydrogen) atoms. The van der Waals surface area contributed by atoms with Crippen LogP contribution in [0.3, 0.4) is 0 Å². The smallest absolute Gasteiger partial charge is 0.107 e. The van der Waals surface area contributed by atoms with E-state index in [1.165, 1.54) is 0 Å². The van der Waals surface area contributed by atoms with Crippen LogP contribution in [0.5, 0.6) is 0 Å². The number of aromatic amines is 1. The topological polar surface area (TPSA) is 28.7 Å². The third-order valence-electron chi connectivity index (χ3n) is 2.55. The molecule has 0 aliphatic rings. The van der Waals surface area contributed by atoms with E-state index in [-0.39, 0.29) is 5.41 Å². The number of hydrogen-bond donors (Lipinski definition) is 1. The molecule has 0 aliphatic carbocycles. The van der Waals surface area contributed by atoms with Crippen molar-refractivity contribution in [3.63, 3.8) is 0 Å². The third-order valence-corrected chi connectivity index (χ3v) is 3.56. The summed E-state index contributed by atoms with van der Waals surface area (Å²) in [5.41, 5.74) is 3.03. The molecule has 90 valence electrons. The van der Waals surface area contributed by atoms with Crippen molar-refractivity contribution in [1.29, 1.82) is 0 Å². The molecule has 0 fully saturated rings. The summed E-state index contributed by atoms with van der Waals surface area (Å²) in [6, 6.07) is 7.69. The first-order valence-corrected chi connectivity index (χ1v) is 6.57. The molecule has 2 nitrogen and oxygen atoms in total. The lowest BCUT2D eigenvalue weighted by molar-refractivity contribution is 0.564. The van der Waals surface area contributed by atoms with Gasteiger partial charge in [-0.3, -0.25) is 5.10 Å². The molecule has 0 saturated heterocycles. The zero-order valence-electron chi connectivity index (χ0n) is 10.0. The SMILES string of the molecule is CC(C)(C)c1[nH]nc(-c2cccc(Cl)c2)c1Br. The zero-order chi connectivity index (χ0) is 12.6. The molecular weight excluding hydrogens is 300 g/mol. The lowest BCUT2D eigenvalue weighted by Gasteiger charge is -2.16. The largest absolute Gasteiger partial charge is 0.280 e. The van der Waals surface area contributed by atoms with E-state index in [1.807, 2.05) is 24.3 Å². The molecule has 0 bridgehead atoms. The standard InChI is InChI=1S/C13H14BrClN2/c1-13(2,3)12-10(14)11(16-17-12)8-5-4-6-9(15)7-8/h4-7H,1-3H3,(H,16,17). The average Bonchev–Trinajstić information content (AvgIpc) is 2.59. The number of rotatable bonds is 1. The van der Waals surface area contributed by atoms with Gasteiger partial charge in [0, 0.05) is 16.0 Å². The Kier molecular flexibility index (Phi) is 3.32. The second-order valence-corrected chi connectivity index (χ2v) is 6.25. The van der Waals surface area contributed by atoms with E-state index in [0.717, 1.165) is 26.4 Å². The fraction of sp³-hybridized carbons (Fsp3) is 0.308. The van der Waals surface area contributed by atoms with Gasteiger partial charge in [0.25, 0.3) is 0 Å². The lowest BCUT2D eigenvalue weighted by atomic mass is 9.92. The van der Waals surface area contributed by atoms with Gasteiger partial charge in [0.05, 0.1) is 10.2 Å². The third kappa shape index (κ3) is 2.55. The number of nitrogens with zero attached hydrogens (tertiary/aromatic N) is 1. The predicted octanol–water partition coefficient (Wildman–Crippen LogP) is 4.79. The van der Waals surface area contributed by atoms with Gasteiger partial charge in [-0.25, -0.2) is 0 Å². The Morgan fingerprint density at radius 3 is 2.53 bits per heavy atom. The van der Waals surface area contributed by atoms with Crippen molar-refractivity contribution < 1.29 is 0 Å². The summed E-state index contributed by atoms with van der Waals surface area (Å²) in [6.45, 7) is 6.44. The van der Waals surface area contributed by atoms with Crippen LogP contribution in [0.15, 0.2) is 28.7 Å². The first-order valence-electron chi connectivity index (χ1n) is 5.40. The lowest BCUT2D eigenvalue weighted by Crippen LogP contribution is -2.12. The Morgan fingerprint density at radius 2 is 2.00 bits per heavy atom. The van der Waals surface area contributed by atoms with Crippen molar-refractivity contribution in [3.05, 3.63) is 39.5 Å². The minimum Gasteiger partial charge on any atom is -0.280 e. The second-order valence-electron chi connectivity index (χ2n) is 5.02. The van der Waals surface area contributed by atoms with Crippen LogP contribution in [0, 0.1) is 0 Å². The van der Waals surface area contributed by atoms with E-state index < -0.39 is 0 Å². The Morgan fingerprint density at radius 1 is 1.29 bits per heavy atom. The maximum Gasteiger partial charge on any atom is 0.107 e. The van der Waals surface area contributed by atoms with Gasteiger partial charge in [0.2, 0.25) is 0 Å². The van der Waals surface area contributed by atoms with Gasteiger partial charge in [-0.05, 0) is 28.1 Å². The number of nitrogens with one attached hydrogen (secondary N) is 1. The summed E-state index contributed by atoms with van der Waals surface area (Å²) in [6.07, 6.45) is 0. The molecule has 0 unspecified atom stereocenters. The molecule has 0 saturated carbocycles. The van der Waals surface area contributed by atoms with Crippen LogP contribution >= 0.6 is 27.5 Å². The highest BCUT2D eigenvalue weighted by Gasteiger charge is 2.22. The Hall–Kier alpha value is -0.800. The molecule has 0 atom stereocenters. The number of aromatic nitrogens is 2. The first kappa shape index (κ1) is 12.7.